The second kappa shape index (κ2) is 7.49. The Balaban J connectivity index is 2.10. The Morgan fingerprint density at radius 1 is 1.26 bits per heavy atom. The number of anilines is 1. The summed E-state index contributed by atoms with van der Waals surface area (Å²) >= 11 is 5.40. The number of rotatable bonds is 6. The van der Waals surface area contributed by atoms with Gasteiger partial charge in [0.05, 0.1) is 11.6 Å². The van der Waals surface area contributed by atoms with Crippen LogP contribution >= 0.6 is 27.7 Å². The maximum absolute atomic E-state index is 4.09. The zero-order valence-electron chi connectivity index (χ0n) is 13.2. The minimum atomic E-state index is 0.692. The highest BCUT2D eigenvalue weighted by molar-refractivity contribution is 9.18. The fraction of sp³-hybridized carbons (Fsp3) is 0.333. The maximum Gasteiger partial charge on any atom is 0.199 e. The molecule has 0 unspecified atom stereocenters. The van der Waals surface area contributed by atoms with E-state index >= 15 is 0 Å². The van der Waals surface area contributed by atoms with Crippen LogP contribution in [0.25, 0.3) is 10.8 Å². The van der Waals surface area contributed by atoms with Crippen LogP contribution in [0.1, 0.15) is 31.2 Å². The summed E-state index contributed by atoms with van der Waals surface area (Å²) in [6, 6.07) is 13.1. The lowest BCUT2D eigenvalue weighted by Crippen LogP contribution is -2.26. The van der Waals surface area contributed by atoms with Gasteiger partial charge in [0.2, 0.25) is 0 Å². The quantitative estimate of drug-likeness (QED) is 0.211. The van der Waals surface area contributed by atoms with E-state index in [1.165, 1.54) is 29.2 Å². The molecule has 0 heterocycles. The van der Waals surface area contributed by atoms with E-state index < -0.39 is 0 Å². The number of halogens is 1. The zero-order chi connectivity index (χ0) is 16.2. The highest BCUT2D eigenvalue weighted by Gasteiger charge is 2.26. The van der Waals surface area contributed by atoms with Crippen molar-refractivity contribution in [3.63, 3.8) is 0 Å². The molecule has 1 fully saturated rings. The average molecular weight is 390 g/mol. The van der Waals surface area contributed by atoms with Crippen LogP contribution in [-0.4, -0.2) is 23.1 Å². The largest absolute Gasteiger partial charge is 0.309 e. The fourth-order valence-electron chi connectivity index (χ4n) is 2.81. The summed E-state index contributed by atoms with van der Waals surface area (Å²) in [6.07, 6.45) is 2.62. The monoisotopic (exact) mass is 389 g/mol. The minimum Gasteiger partial charge on any atom is -0.309 e. The summed E-state index contributed by atoms with van der Waals surface area (Å²) in [6.45, 7) is 5.62. The normalized spacial score (nSPS) is 15.0. The number of thioether (sulfide) groups is 1. The van der Waals surface area contributed by atoms with Gasteiger partial charge in [-0.1, -0.05) is 37.3 Å². The highest BCUT2D eigenvalue weighted by atomic mass is 79.9. The van der Waals surface area contributed by atoms with E-state index in [1.54, 1.807) is 0 Å². The van der Waals surface area contributed by atoms with Crippen molar-refractivity contribution in [1.29, 1.82) is 0 Å². The average Bonchev–Trinajstić information content (AvgIpc) is 3.40. The molecule has 1 aliphatic rings. The van der Waals surface area contributed by atoms with E-state index in [1.807, 2.05) is 11.8 Å². The standard InChI is InChI=1S/C18H20BrN3S/c1-3-23-12-22(18(19)21-20-2)17-11-10-14(13-8-9-13)15-6-4-5-7-16(15)17/h4-7,10-11,13H,2-3,8-9,12H2,1H3/b21-18-. The molecule has 0 spiro atoms. The lowest BCUT2D eigenvalue weighted by Gasteiger charge is -2.24. The van der Waals surface area contributed by atoms with Gasteiger partial charge in [-0.3, -0.25) is 0 Å². The first-order chi connectivity index (χ1) is 11.3. The Hall–Kier alpha value is -1.33. The number of benzene rings is 2. The zero-order valence-corrected chi connectivity index (χ0v) is 15.6. The number of amidine groups is 1. The van der Waals surface area contributed by atoms with Gasteiger partial charge in [0, 0.05) is 12.1 Å². The van der Waals surface area contributed by atoms with Gasteiger partial charge in [-0.05, 0) is 57.5 Å². The van der Waals surface area contributed by atoms with Crippen LogP contribution in [0.4, 0.5) is 5.69 Å². The highest BCUT2D eigenvalue weighted by Crippen LogP contribution is 2.45. The van der Waals surface area contributed by atoms with Crippen LogP contribution < -0.4 is 4.90 Å². The summed E-state index contributed by atoms with van der Waals surface area (Å²) < 4.78 is 0.692. The second-order valence-corrected chi connectivity index (χ2v) is 7.51. The van der Waals surface area contributed by atoms with Gasteiger partial charge < -0.3 is 4.90 Å². The van der Waals surface area contributed by atoms with Crippen molar-refractivity contribution >= 4 is 55.6 Å². The lowest BCUT2D eigenvalue weighted by atomic mass is 9.99. The molecule has 0 aromatic heterocycles. The topological polar surface area (TPSA) is 28.0 Å². The lowest BCUT2D eigenvalue weighted by molar-refractivity contribution is 1.14. The van der Waals surface area contributed by atoms with Crippen molar-refractivity contribution in [3.8, 4) is 0 Å². The molecule has 120 valence electrons. The fourth-order valence-corrected chi connectivity index (χ4v) is 4.03. The molecule has 23 heavy (non-hydrogen) atoms. The van der Waals surface area contributed by atoms with E-state index in [-0.39, 0.29) is 0 Å². The van der Waals surface area contributed by atoms with Gasteiger partial charge in [0.1, 0.15) is 0 Å². The van der Waals surface area contributed by atoms with Crippen molar-refractivity contribution in [3.05, 3.63) is 42.0 Å². The molecule has 0 amide bonds. The summed E-state index contributed by atoms with van der Waals surface area (Å²) in [7, 11) is 0. The number of fused-ring (bicyclic) bond motifs is 1. The van der Waals surface area contributed by atoms with Gasteiger partial charge in [-0.15, -0.1) is 16.9 Å². The molecule has 0 atom stereocenters. The van der Waals surface area contributed by atoms with E-state index in [0.717, 1.165) is 23.2 Å². The van der Waals surface area contributed by atoms with Crippen LogP contribution in [0.2, 0.25) is 0 Å². The molecule has 3 nitrogen and oxygen atoms in total. The Labute approximate surface area is 150 Å². The molecule has 0 aliphatic heterocycles. The number of hydrogen-bond acceptors (Lipinski definition) is 3. The molecule has 2 aromatic carbocycles. The maximum atomic E-state index is 4.09. The molecule has 0 N–H and O–H groups in total. The number of hydrogen-bond donors (Lipinski definition) is 0. The summed E-state index contributed by atoms with van der Waals surface area (Å²) in [5.74, 6) is 2.61. The predicted molar refractivity (Wildman–Crippen MR) is 107 cm³/mol. The molecule has 0 saturated heterocycles. The van der Waals surface area contributed by atoms with Gasteiger partial charge in [0.15, 0.2) is 4.74 Å². The van der Waals surface area contributed by atoms with Crippen molar-refractivity contribution in [2.45, 2.75) is 25.7 Å². The molecular formula is C18H20BrN3S. The smallest absolute Gasteiger partial charge is 0.199 e. The summed E-state index contributed by atoms with van der Waals surface area (Å²) in [5, 5.41) is 10.4. The van der Waals surface area contributed by atoms with Crippen molar-refractivity contribution in [1.82, 2.24) is 0 Å². The van der Waals surface area contributed by atoms with Crippen LogP contribution in [0, 0.1) is 0 Å². The first-order valence-corrected chi connectivity index (χ1v) is 9.77. The van der Waals surface area contributed by atoms with Crippen molar-refractivity contribution in [2.75, 3.05) is 16.5 Å². The molecule has 1 aliphatic carbocycles. The molecule has 0 radical (unpaired) electrons. The Bertz CT molecular complexity index is 740. The summed E-state index contributed by atoms with van der Waals surface area (Å²) in [4.78, 5) is 2.15. The van der Waals surface area contributed by atoms with Gasteiger partial charge in [0.25, 0.3) is 0 Å². The minimum absolute atomic E-state index is 0.692. The second-order valence-electron chi connectivity index (χ2n) is 5.55. The van der Waals surface area contributed by atoms with Crippen LogP contribution in [0.5, 0.6) is 0 Å². The van der Waals surface area contributed by atoms with E-state index in [4.69, 9.17) is 0 Å². The first-order valence-electron chi connectivity index (χ1n) is 7.82. The Morgan fingerprint density at radius 2 is 2.00 bits per heavy atom. The number of nitrogens with zero attached hydrogens (tertiary/aromatic N) is 3. The Morgan fingerprint density at radius 3 is 2.65 bits per heavy atom. The first kappa shape index (κ1) is 16.5. The van der Waals surface area contributed by atoms with E-state index in [2.05, 4.69) is 81.1 Å². The molecule has 3 rings (SSSR count). The molecule has 0 bridgehead atoms. The molecular weight excluding hydrogens is 370 g/mol. The van der Waals surface area contributed by atoms with Crippen LogP contribution in [-0.2, 0) is 0 Å². The molecule has 5 heteroatoms. The van der Waals surface area contributed by atoms with Crippen LogP contribution in [0.3, 0.4) is 0 Å². The third-order valence-corrected chi connectivity index (χ3v) is 5.48. The van der Waals surface area contributed by atoms with Gasteiger partial charge >= 0.3 is 0 Å². The molecule has 1 saturated carbocycles. The predicted octanol–water partition coefficient (Wildman–Crippen LogP) is 5.60. The third kappa shape index (κ3) is 3.61. The Kier molecular flexibility index (Phi) is 5.38. The van der Waals surface area contributed by atoms with Gasteiger partial charge in [-0.2, -0.15) is 5.10 Å². The molecule has 2 aromatic rings. The van der Waals surface area contributed by atoms with Gasteiger partial charge in [-0.25, -0.2) is 0 Å². The van der Waals surface area contributed by atoms with E-state index in [0.29, 0.717) is 4.74 Å². The third-order valence-electron chi connectivity index (χ3n) is 4.04. The SMILES string of the molecule is C=N/N=C(/Br)N(CSCC)c1ccc(C2CC2)c2ccccc12. The van der Waals surface area contributed by atoms with Crippen molar-refractivity contribution in [2.24, 2.45) is 10.2 Å². The summed E-state index contributed by atoms with van der Waals surface area (Å²) in [5.41, 5.74) is 2.63. The van der Waals surface area contributed by atoms with Crippen LogP contribution in [0.15, 0.2) is 46.6 Å². The van der Waals surface area contributed by atoms with E-state index in [9.17, 15) is 0 Å². The van der Waals surface area contributed by atoms with Crippen molar-refractivity contribution < 1.29 is 0 Å².